The smallest absolute Gasteiger partial charge is 0.278 e. The first kappa shape index (κ1) is 22.2. The van der Waals surface area contributed by atoms with Crippen LogP contribution in [0.1, 0.15) is 56.5 Å². The highest BCUT2D eigenvalue weighted by Gasteiger charge is 2.31. The predicted molar refractivity (Wildman–Crippen MR) is 138 cm³/mol. The highest BCUT2D eigenvalue weighted by Crippen LogP contribution is 2.36. The minimum Gasteiger partial charge on any atom is -0.324 e. The van der Waals surface area contributed by atoms with Crippen molar-refractivity contribution in [1.82, 2.24) is 29.6 Å². The number of hydrogen-bond donors (Lipinski definition) is 2. The first-order chi connectivity index (χ1) is 16.8. The van der Waals surface area contributed by atoms with Gasteiger partial charge in [0.2, 0.25) is 5.95 Å². The zero-order valence-electron chi connectivity index (χ0n) is 20.1. The van der Waals surface area contributed by atoms with Gasteiger partial charge in [-0.3, -0.25) is 4.79 Å². The third-order valence-corrected chi connectivity index (χ3v) is 6.98. The maximum atomic E-state index is 13.4. The molecule has 1 saturated carbocycles. The number of nitrogens with one attached hydrogen (secondary N) is 2. The first-order valence-electron chi connectivity index (χ1n) is 12.1. The fourth-order valence-corrected chi connectivity index (χ4v) is 4.99. The lowest BCUT2D eigenvalue weighted by atomic mass is 9.92. The molecule has 1 fully saturated rings. The van der Waals surface area contributed by atoms with E-state index in [0.717, 1.165) is 48.8 Å². The summed E-state index contributed by atoms with van der Waals surface area (Å²) in [7, 11) is 0. The second-order valence-electron chi connectivity index (χ2n) is 10.4. The van der Waals surface area contributed by atoms with Crippen LogP contribution in [0.5, 0.6) is 0 Å². The minimum atomic E-state index is -0.119. The van der Waals surface area contributed by atoms with Crippen LogP contribution < -0.4 is 16.2 Å². The lowest BCUT2D eigenvalue weighted by Crippen LogP contribution is -2.23. The number of hydrogen-bond acceptors (Lipinski definition) is 6. The van der Waals surface area contributed by atoms with E-state index in [9.17, 15) is 4.79 Å². The summed E-state index contributed by atoms with van der Waals surface area (Å²) in [6.45, 7) is 8.10. The summed E-state index contributed by atoms with van der Waals surface area (Å²) in [5.74, 6) is 1.09. The summed E-state index contributed by atoms with van der Waals surface area (Å²) in [6, 6.07) is 10.1. The molecule has 4 heterocycles. The molecule has 0 spiro atoms. The molecule has 0 amide bonds. The van der Waals surface area contributed by atoms with E-state index in [4.69, 9.17) is 21.6 Å². The quantitative estimate of drug-likeness (QED) is 0.433. The Morgan fingerprint density at radius 2 is 2.00 bits per heavy atom. The molecule has 0 saturated heterocycles. The van der Waals surface area contributed by atoms with Crippen molar-refractivity contribution >= 4 is 34.3 Å². The molecule has 9 heteroatoms. The van der Waals surface area contributed by atoms with Crippen LogP contribution in [0.2, 0.25) is 5.02 Å². The van der Waals surface area contributed by atoms with Crippen LogP contribution in [-0.2, 0) is 18.4 Å². The Labute approximate surface area is 208 Å². The summed E-state index contributed by atoms with van der Waals surface area (Å²) in [6.07, 6.45) is 4.46. The largest absolute Gasteiger partial charge is 0.324 e. The van der Waals surface area contributed by atoms with Crippen molar-refractivity contribution in [3.05, 3.63) is 68.7 Å². The van der Waals surface area contributed by atoms with Crippen molar-refractivity contribution in [1.29, 1.82) is 0 Å². The van der Waals surface area contributed by atoms with Gasteiger partial charge in [0.05, 0.1) is 6.04 Å². The summed E-state index contributed by atoms with van der Waals surface area (Å²) in [5, 5.41) is 7.91. The third-order valence-electron chi connectivity index (χ3n) is 6.65. The van der Waals surface area contributed by atoms with Crippen molar-refractivity contribution in [2.24, 2.45) is 0 Å². The van der Waals surface area contributed by atoms with E-state index in [1.165, 1.54) is 11.1 Å². The number of anilines is 2. The molecule has 0 unspecified atom stereocenters. The Kier molecular flexibility index (Phi) is 5.19. The molecule has 0 atom stereocenters. The van der Waals surface area contributed by atoms with Gasteiger partial charge >= 0.3 is 0 Å². The summed E-state index contributed by atoms with van der Waals surface area (Å²) >= 11 is 6.57. The summed E-state index contributed by atoms with van der Waals surface area (Å²) in [5.41, 5.74) is 4.48. The van der Waals surface area contributed by atoms with Crippen LogP contribution in [0.3, 0.4) is 0 Å². The van der Waals surface area contributed by atoms with E-state index >= 15 is 0 Å². The average Bonchev–Trinajstić information content (AvgIpc) is 3.62. The van der Waals surface area contributed by atoms with Gasteiger partial charge in [-0.2, -0.15) is 4.98 Å². The second-order valence-corrected chi connectivity index (χ2v) is 10.8. The maximum Gasteiger partial charge on any atom is 0.278 e. The molecular weight excluding hydrogens is 462 g/mol. The highest BCUT2D eigenvalue weighted by molar-refractivity contribution is 6.31. The Morgan fingerprint density at radius 1 is 1.17 bits per heavy atom. The summed E-state index contributed by atoms with van der Waals surface area (Å²) in [4.78, 5) is 27.5. The standard InChI is InChI=1S/C26H28ClN7O/c1-26(2,3)21-5-4-6-22(31-21)34-23-19(24(35)33(34)17-7-8-17)14-29-25(32-23)30-16-11-15-13-28-10-9-18(15)20(27)12-16/h4-6,11-12,14,17,28H,7-10,13H2,1-3H3,(H,29,30,32). The number of halogens is 1. The van der Waals surface area contributed by atoms with Gasteiger partial charge in [-0.25, -0.2) is 19.3 Å². The Hall–Kier alpha value is -3.23. The van der Waals surface area contributed by atoms with Gasteiger partial charge < -0.3 is 10.6 Å². The molecule has 1 aliphatic heterocycles. The van der Waals surface area contributed by atoms with E-state index in [2.05, 4.69) is 42.5 Å². The van der Waals surface area contributed by atoms with Crippen molar-refractivity contribution < 1.29 is 0 Å². The van der Waals surface area contributed by atoms with E-state index in [1.54, 1.807) is 10.9 Å². The molecule has 1 aliphatic carbocycles. The maximum absolute atomic E-state index is 13.4. The molecule has 4 aromatic rings. The molecule has 3 aromatic heterocycles. The lowest BCUT2D eigenvalue weighted by molar-refractivity contribution is 0.537. The van der Waals surface area contributed by atoms with Crippen molar-refractivity contribution in [2.75, 3.05) is 11.9 Å². The third kappa shape index (κ3) is 4.00. The van der Waals surface area contributed by atoms with Gasteiger partial charge in [0, 0.05) is 34.6 Å². The predicted octanol–water partition coefficient (Wildman–Crippen LogP) is 4.65. The Morgan fingerprint density at radius 3 is 2.77 bits per heavy atom. The number of rotatable bonds is 4. The van der Waals surface area contributed by atoms with Crippen LogP contribution in [0.25, 0.3) is 16.9 Å². The van der Waals surface area contributed by atoms with E-state index in [1.807, 2.05) is 28.9 Å². The zero-order valence-corrected chi connectivity index (χ0v) is 20.9. The topological polar surface area (TPSA) is 89.7 Å². The van der Waals surface area contributed by atoms with Crippen LogP contribution in [0.4, 0.5) is 11.6 Å². The molecule has 0 radical (unpaired) electrons. The van der Waals surface area contributed by atoms with Gasteiger partial charge in [-0.15, -0.1) is 0 Å². The highest BCUT2D eigenvalue weighted by atomic mass is 35.5. The van der Waals surface area contributed by atoms with E-state index < -0.39 is 0 Å². The lowest BCUT2D eigenvalue weighted by Gasteiger charge is -2.20. The number of fused-ring (bicyclic) bond motifs is 2. The van der Waals surface area contributed by atoms with Crippen LogP contribution in [0.15, 0.2) is 41.3 Å². The molecule has 2 N–H and O–H groups in total. The number of aromatic nitrogens is 5. The monoisotopic (exact) mass is 489 g/mol. The van der Waals surface area contributed by atoms with Crippen molar-refractivity contribution in [2.45, 2.75) is 58.0 Å². The number of pyridine rings is 1. The van der Waals surface area contributed by atoms with E-state index in [0.29, 0.717) is 22.8 Å². The SMILES string of the molecule is CC(C)(C)c1cccc(-n2c3nc(Nc4cc(Cl)c5c(c4)CNCC5)ncc3c(=O)n2C2CC2)n1. The fraction of sp³-hybridized carbons (Fsp3) is 0.385. The Balaban J connectivity index is 1.47. The molecule has 1 aromatic carbocycles. The normalized spacial score (nSPS) is 15.9. The molecule has 35 heavy (non-hydrogen) atoms. The number of benzene rings is 1. The molecule has 6 rings (SSSR count). The van der Waals surface area contributed by atoms with Gasteiger partial charge in [0.15, 0.2) is 11.5 Å². The second kappa shape index (κ2) is 8.17. The van der Waals surface area contributed by atoms with Crippen molar-refractivity contribution in [3.8, 4) is 5.82 Å². The molecule has 2 aliphatic rings. The summed E-state index contributed by atoms with van der Waals surface area (Å²) < 4.78 is 3.65. The molecule has 0 bridgehead atoms. The van der Waals surface area contributed by atoms with Crippen LogP contribution in [-0.4, -0.2) is 30.9 Å². The molecule has 180 valence electrons. The van der Waals surface area contributed by atoms with Crippen LogP contribution in [0, 0.1) is 0 Å². The van der Waals surface area contributed by atoms with Gasteiger partial charge in [0.25, 0.3) is 5.56 Å². The molecule has 8 nitrogen and oxygen atoms in total. The minimum absolute atomic E-state index is 0.0834. The van der Waals surface area contributed by atoms with Gasteiger partial charge in [0.1, 0.15) is 5.39 Å². The van der Waals surface area contributed by atoms with Crippen LogP contribution >= 0.6 is 11.6 Å². The molecular formula is C26H28ClN7O. The van der Waals surface area contributed by atoms with Gasteiger partial charge in [-0.05, 0) is 61.2 Å². The Bertz CT molecular complexity index is 1510. The zero-order chi connectivity index (χ0) is 24.3. The van der Waals surface area contributed by atoms with Gasteiger partial charge in [-0.1, -0.05) is 38.4 Å². The average molecular weight is 490 g/mol. The fourth-order valence-electron chi connectivity index (χ4n) is 4.66. The first-order valence-corrected chi connectivity index (χ1v) is 12.4. The van der Waals surface area contributed by atoms with E-state index in [-0.39, 0.29) is 17.0 Å². The number of nitrogens with zero attached hydrogens (tertiary/aromatic N) is 5. The van der Waals surface area contributed by atoms with Crippen molar-refractivity contribution in [3.63, 3.8) is 0 Å².